The number of benzene rings is 2. The first kappa shape index (κ1) is 16.5. The molecule has 1 amide bonds. The number of nitrogens with zero attached hydrogens (tertiary/aromatic N) is 3. The summed E-state index contributed by atoms with van der Waals surface area (Å²) in [5.41, 5.74) is 4.29. The third-order valence-corrected chi connectivity index (χ3v) is 4.87. The molecule has 130 valence electrons. The van der Waals surface area contributed by atoms with Crippen LogP contribution in [-0.2, 0) is 6.42 Å². The highest BCUT2D eigenvalue weighted by Gasteiger charge is 2.21. The molecule has 1 aromatic heterocycles. The van der Waals surface area contributed by atoms with Crippen molar-refractivity contribution in [3.8, 4) is 0 Å². The van der Waals surface area contributed by atoms with Gasteiger partial charge >= 0.3 is 0 Å². The summed E-state index contributed by atoms with van der Waals surface area (Å²) in [5, 5.41) is 3.40. The molecule has 3 aromatic rings. The van der Waals surface area contributed by atoms with Crippen molar-refractivity contribution in [3.05, 3.63) is 76.7 Å². The van der Waals surface area contributed by atoms with Crippen molar-refractivity contribution >= 4 is 34.7 Å². The number of halogens is 1. The van der Waals surface area contributed by atoms with Crippen LogP contribution in [0.3, 0.4) is 0 Å². The Labute approximate surface area is 156 Å². The van der Waals surface area contributed by atoms with Crippen molar-refractivity contribution in [2.75, 3.05) is 16.8 Å². The van der Waals surface area contributed by atoms with Crippen molar-refractivity contribution in [2.24, 2.45) is 0 Å². The van der Waals surface area contributed by atoms with E-state index in [0.717, 1.165) is 30.0 Å². The zero-order valence-corrected chi connectivity index (χ0v) is 15.0. The van der Waals surface area contributed by atoms with Crippen LogP contribution in [0.4, 0.5) is 17.2 Å². The van der Waals surface area contributed by atoms with Gasteiger partial charge in [-0.05, 0) is 42.7 Å². The van der Waals surface area contributed by atoms with Crippen LogP contribution in [0.5, 0.6) is 0 Å². The minimum atomic E-state index is -0.314. The molecule has 0 saturated heterocycles. The molecule has 1 aliphatic heterocycles. The van der Waals surface area contributed by atoms with Gasteiger partial charge in [-0.15, -0.1) is 0 Å². The second-order valence-corrected chi connectivity index (χ2v) is 6.62. The zero-order chi connectivity index (χ0) is 18.1. The van der Waals surface area contributed by atoms with Gasteiger partial charge < -0.3 is 10.2 Å². The van der Waals surface area contributed by atoms with E-state index >= 15 is 0 Å². The Bertz CT molecular complexity index is 972. The average molecular weight is 365 g/mol. The Kier molecular flexibility index (Phi) is 4.31. The van der Waals surface area contributed by atoms with Gasteiger partial charge in [0, 0.05) is 22.9 Å². The number of aromatic nitrogens is 2. The van der Waals surface area contributed by atoms with Gasteiger partial charge in [0.15, 0.2) is 5.82 Å². The lowest BCUT2D eigenvalue weighted by Gasteiger charge is -2.17. The van der Waals surface area contributed by atoms with E-state index in [4.69, 9.17) is 11.6 Å². The van der Waals surface area contributed by atoms with Gasteiger partial charge in [0.05, 0.1) is 12.4 Å². The molecule has 0 unspecified atom stereocenters. The van der Waals surface area contributed by atoms with E-state index in [0.29, 0.717) is 10.7 Å². The first-order valence-corrected chi connectivity index (χ1v) is 8.74. The largest absolute Gasteiger partial charge is 0.325 e. The number of anilines is 3. The monoisotopic (exact) mass is 364 g/mol. The maximum Gasteiger partial charge on any atom is 0.275 e. The van der Waals surface area contributed by atoms with Crippen LogP contribution in [0, 0.1) is 6.92 Å². The standard InChI is InChI=1S/C20H17ClN4O/c1-13-6-7-15(10-16(13)21)24-20(26)17-11-23-19(12-22-17)25-9-8-14-4-2-3-5-18(14)25/h2-7,10-12H,8-9H2,1H3,(H,24,26). The van der Waals surface area contributed by atoms with E-state index < -0.39 is 0 Å². The minimum absolute atomic E-state index is 0.262. The molecule has 0 atom stereocenters. The van der Waals surface area contributed by atoms with E-state index in [9.17, 15) is 4.79 Å². The fourth-order valence-electron chi connectivity index (χ4n) is 3.02. The molecule has 0 bridgehead atoms. The third kappa shape index (κ3) is 3.13. The summed E-state index contributed by atoms with van der Waals surface area (Å²) in [5.74, 6) is 0.427. The molecule has 0 radical (unpaired) electrons. The number of carbonyl (C=O) groups is 1. The topological polar surface area (TPSA) is 58.1 Å². The summed E-state index contributed by atoms with van der Waals surface area (Å²) in [6.07, 6.45) is 4.12. The minimum Gasteiger partial charge on any atom is -0.325 e. The average Bonchev–Trinajstić information content (AvgIpc) is 3.09. The molecule has 5 nitrogen and oxygen atoms in total. The molecule has 2 heterocycles. The van der Waals surface area contributed by atoms with Crippen molar-refractivity contribution in [2.45, 2.75) is 13.3 Å². The lowest BCUT2D eigenvalue weighted by Crippen LogP contribution is -2.18. The van der Waals surface area contributed by atoms with Crippen LogP contribution in [0.25, 0.3) is 0 Å². The molecule has 0 fully saturated rings. The summed E-state index contributed by atoms with van der Waals surface area (Å²) < 4.78 is 0. The molecule has 4 rings (SSSR count). The van der Waals surface area contributed by atoms with Crippen molar-refractivity contribution in [3.63, 3.8) is 0 Å². The lowest BCUT2D eigenvalue weighted by molar-refractivity contribution is 0.102. The second kappa shape index (κ2) is 6.77. The summed E-state index contributed by atoms with van der Waals surface area (Å²) in [7, 11) is 0. The van der Waals surface area contributed by atoms with Crippen molar-refractivity contribution in [1.82, 2.24) is 9.97 Å². The third-order valence-electron chi connectivity index (χ3n) is 4.46. The lowest BCUT2D eigenvalue weighted by atomic mass is 10.2. The summed E-state index contributed by atoms with van der Waals surface area (Å²) >= 11 is 6.09. The van der Waals surface area contributed by atoms with Gasteiger partial charge in [-0.1, -0.05) is 35.9 Å². The van der Waals surface area contributed by atoms with Gasteiger partial charge in [-0.3, -0.25) is 4.79 Å². The van der Waals surface area contributed by atoms with E-state index in [1.165, 1.54) is 11.8 Å². The number of nitrogens with one attached hydrogen (secondary N) is 1. The van der Waals surface area contributed by atoms with E-state index in [-0.39, 0.29) is 11.6 Å². The van der Waals surface area contributed by atoms with Gasteiger partial charge in [0.2, 0.25) is 0 Å². The number of amides is 1. The highest BCUT2D eigenvalue weighted by atomic mass is 35.5. The Morgan fingerprint density at radius 2 is 2.00 bits per heavy atom. The van der Waals surface area contributed by atoms with Crippen LogP contribution in [0.15, 0.2) is 54.9 Å². The zero-order valence-electron chi connectivity index (χ0n) is 14.2. The number of aryl methyl sites for hydroxylation is 1. The van der Waals surface area contributed by atoms with E-state index in [2.05, 4.69) is 32.3 Å². The van der Waals surface area contributed by atoms with E-state index in [1.807, 2.05) is 31.2 Å². The smallest absolute Gasteiger partial charge is 0.275 e. The predicted octanol–water partition coefficient (Wildman–Crippen LogP) is 4.38. The van der Waals surface area contributed by atoms with Crippen LogP contribution in [0.2, 0.25) is 5.02 Å². The molecule has 1 N–H and O–H groups in total. The molecular formula is C20H17ClN4O. The molecular weight excluding hydrogens is 348 g/mol. The van der Waals surface area contributed by atoms with Crippen LogP contribution < -0.4 is 10.2 Å². The number of fused-ring (bicyclic) bond motifs is 1. The number of carbonyl (C=O) groups excluding carboxylic acids is 1. The fourth-order valence-corrected chi connectivity index (χ4v) is 3.20. The van der Waals surface area contributed by atoms with Crippen LogP contribution in [-0.4, -0.2) is 22.4 Å². The number of para-hydroxylation sites is 1. The van der Waals surface area contributed by atoms with Crippen LogP contribution in [0.1, 0.15) is 21.6 Å². The highest BCUT2D eigenvalue weighted by Crippen LogP contribution is 2.32. The molecule has 2 aromatic carbocycles. The Balaban J connectivity index is 1.51. The molecule has 26 heavy (non-hydrogen) atoms. The van der Waals surface area contributed by atoms with Gasteiger partial charge in [-0.2, -0.15) is 0 Å². The Morgan fingerprint density at radius 1 is 1.15 bits per heavy atom. The Morgan fingerprint density at radius 3 is 2.77 bits per heavy atom. The first-order valence-electron chi connectivity index (χ1n) is 8.37. The van der Waals surface area contributed by atoms with Crippen molar-refractivity contribution < 1.29 is 4.79 Å². The maximum atomic E-state index is 12.4. The van der Waals surface area contributed by atoms with Crippen molar-refractivity contribution in [1.29, 1.82) is 0 Å². The predicted molar refractivity (Wildman–Crippen MR) is 103 cm³/mol. The number of rotatable bonds is 3. The molecule has 0 saturated carbocycles. The van der Waals surface area contributed by atoms with Gasteiger partial charge in [0.1, 0.15) is 5.69 Å². The van der Waals surface area contributed by atoms with Gasteiger partial charge in [0.25, 0.3) is 5.91 Å². The first-order chi connectivity index (χ1) is 12.6. The summed E-state index contributed by atoms with van der Waals surface area (Å²) in [4.78, 5) is 23.2. The Hall–Kier alpha value is -2.92. The fraction of sp³-hybridized carbons (Fsp3) is 0.150. The quantitative estimate of drug-likeness (QED) is 0.749. The summed E-state index contributed by atoms with van der Waals surface area (Å²) in [6.45, 7) is 2.77. The summed E-state index contributed by atoms with van der Waals surface area (Å²) in [6, 6.07) is 13.6. The second-order valence-electron chi connectivity index (χ2n) is 6.21. The molecule has 6 heteroatoms. The molecule has 1 aliphatic rings. The normalized spacial score (nSPS) is 12.8. The van der Waals surface area contributed by atoms with Gasteiger partial charge in [-0.25, -0.2) is 9.97 Å². The highest BCUT2D eigenvalue weighted by molar-refractivity contribution is 6.31. The number of hydrogen-bond acceptors (Lipinski definition) is 4. The molecule has 0 aliphatic carbocycles. The number of hydrogen-bond donors (Lipinski definition) is 1. The van der Waals surface area contributed by atoms with E-state index in [1.54, 1.807) is 12.3 Å². The molecule has 0 spiro atoms. The van der Waals surface area contributed by atoms with Crippen LogP contribution >= 0.6 is 11.6 Å². The SMILES string of the molecule is Cc1ccc(NC(=O)c2cnc(N3CCc4ccccc43)cn2)cc1Cl. The maximum absolute atomic E-state index is 12.4.